The molecule has 0 spiro atoms. The Balaban J connectivity index is 4.04. The van der Waals surface area contributed by atoms with Gasteiger partial charge >= 0.3 is 0 Å². The van der Waals surface area contributed by atoms with Crippen molar-refractivity contribution in [2.75, 3.05) is 12.0 Å². The summed E-state index contributed by atoms with van der Waals surface area (Å²) in [4.78, 5) is 5.29. The van der Waals surface area contributed by atoms with Gasteiger partial charge in [0, 0.05) is 10.7 Å². The fourth-order valence-corrected chi connectivity index (χ4v) is 1.73. The van der Waals surface area contributed by atoms with E-state index < -0.39 is 0 Å². The van der Waals surface area contributed by atoms with E-state index in [4.69, 9.17) is 12.2 Å². The van der Waals surface area contributed by atoms with Crippen LogP contribution in [0.1, 0.15) is 13.8 Å². The van der Waals surface area contributed by atoms with Gasteiger partial charge in [-0.25, -0.2) is 0 Å². The highest BCUT2D eigenvalue weighted by Gasteiger charge is 1.97. The van der Waals surface area contributed by atoms with Crippen LogP contribution in [-0.4, -0.2) is 25.5 Å². The number of hydrogen-bond acceptors (Lipinski definition) is 1. The molecule has 0 amide bonds. The normalized spacial score (nSPS) is 12.2. The monoisotopic (exact) mass is 257 g/mol. The van der Waals surface area contributed by atoms with Crippen LogP contribution in [-0.2, 0) is 0 Å². The number of nitrogens with zero attached hydrogens (tertiary/aromatic N) is 1. The molecule has 0 aromatic carbocycles. The molecule has 54 valence electrons. The van der Waals surface area contributed by atoms with Crippen molar-refractivity contribution in [3.63, 3.8) is 0 Å². The zero-order valence-electron chi connectivity index (χ0n) is 6.23. The van der Waals surface area contributed by atoms with Crippen LogP contribution in [0, 0.1) is 0 Å². The lowest BCUT2D eigenvalue weighted by Gasteiger charge is -2.16. The minimum Gasteiger partial charge on any atom is -0.339 e. The van der Waals surface area contributed by atoms with Gasteiger partial charge in [0.15, 0.2) is 0 Å². The molecule has 3 heteroatoms. The number of thiocarbonyl (C=S) groups is 1. The Morgan fingerprint density at radius 2 is 1.89 bits per heavy atom. The summed E-state index contributed by atoms with van der Waals surface area (Å²) in [5.74, 6) is 0. The summed E-state index contributed by atoms with van der Waals surface area (Å²) in [5, 5.41) is 0. The van der Waals surface area contributed by atoms with Gasteiger partial charge in [-0.05, 0) is 18.8 Å². The molecule has 0 aliphatic heterocycles. The molecule has 9 heavy (non-hydrogen) atoms. The molecule has 0 aromatic heterocycles. The lowest BCUT2D eigenvalue weighted by atomic mass is 10.6. The standard InChI is InChI=1S/C6H12INS/c1-5(7-3)8(4)6(2)9/h1-4H3. The highest BCUT2D eigenvalue weighted by molar-refractivity contribution is 14.2. The first-order valence-corrected chi connectivity index (χ1v) is 6.31. The molecule has 0 heterocycles. The van der Waals surface area contributed by atoms with Gasteiger partial charge in [-0.3, -0.25) is 0 Å². The van der Waals surface area contributed by atoms with Crippen molar-refractivity contribution < 1.29 is 0 Å². The van der Waals surface area contributed by atoms with Crippen LogP contribution in [0.2, 0.25) is 0 Å². The molecule has 0 N–H and O–H groups in total. The van der Waals surface area contributed by atoms with Crippen molar-refractivity contribution in [2.45, 2.75) is 13.8 Å². The predicted octanol–water partition coefficient (Wildman–Crippen LogP) is 2.02. The van der Waals surface area contributed by atoms with Gasteiger partial charge in [-0.1, -0.05) is 12.2 Å². The van der Waals surface area contributed by atoms with Crippen LogP contribution in [0.5, 0.6) is 0 Å². The van der Waals surface area contributed by atoms with Gasteiger partial charge < -0.3 is 4.90 Å². The van der Waals surface area contributed by atoms with E-state index >= 15 is 0 Å². The maximum absolute atomic E-state index is 4.98. The molecular formula is C6H12INS. The molecule has 0 saturated carbocycles. The molecule has 0 aliphatic rings. The molecule has 0 aliphatic carbocycles. The van der Waals surface area contributed by atoms with E-state index in [0.29, 0.717) is 0 Å². The summed E-state index contributed by atoms with van der Waals surface area (Å²) in [6, 6.07) is 0. The van der Waals surface area contributed by atoms with Gasteiger partial charge in [-0.2, -0.15) is 0 Å². The van der Waals surface area contributed by atoms with E-state index in [-0.39, 0.29) is 20.7 Å². The number of halogens is 1. The van der Waals surface area contributed by atoms with E-state index in [0.717, 1.165) is 4.99 Å². The van der Waals surface area contributed by atoms with Crippen molar-refractivity contribution in [3.8, 4) is 0 Å². The Kier molecular flexibility index (Phi) is 4.56. The zero-order valence-corrected chi connectivity index (χ0v) is 9.21. The van der Waals surface area contributed by atoms with Gasteiger partial charge in [0.25, 0.3) is 0 Å². The molecule has 0 saturated heterocycles. The third-order valence-corrected chi connectivity index (χ3v) is 3.77. The van der Waals surface area contributed by atoms with E-state index in [1.54, 1.807) is 0 Å². The quantitative estimate of drug-likeness (QED) is 0.401. The Labute approximate surface area is 72.2 Å². The minimum atomic E-state index is 0.226. The topological polar surface area (TPSA) is 3.24 Å². The fourth-order valence-electron chi connectivity index (χ4n) is 0.344. The second kappa shape index (κ2) is 4.33. The number of rotatable bonds is 1. The second-order valence-electron chi connectivity index (χ2n) is 1.76. The predicted molar refractivity (Wildman–Crippen MR) is 56.7 cm³/mol. The third kappa shape index (κ3) is 3.25. The van der Waals surface area contributed by atoms with Crippen LogP contribution in [0.4, 0.5) is 0 Å². The molecule has 0 radical (unpaired) electrons. The van der Waals surface area contributed by atoms with Crippen LogP contribution in [0.25, 0.3) is 0 Å². The lowest BCUT2D eigenvalue weighted by Crippen LogP contribution is -2.25. The Hall–Kier alpha value is 0.490. The first kappa shape index (κ1) is 9.49. The maximum Gasteiger partial charge on any atom is 0.0790 e. The van der Waals surface area contributed by atoms with E-state index in [2.05, 4.69) is 16.8 Å². The summed E-state index contributed by atoms with van der Waals surface area (Å²) in [7, 11) is 2.03. The molecule has 0 unspecified atom stereocenters. The third-order valence-electron chi connectivity index (χ3n) is 1.21. The SMILES string of the molecule is CI=C(C)N(C)C(C)=S. The summed E-state index contributed by atoms with van der Waals surface area (Å²) >= 11 is 5.21. The Morgan fingerprint density at radius 3 is 2.00 bits per heavy atom. The second-order valence-corrected chi connectivity index (χ2v) is 4.99. The summed E-state index contributed by atoms with van der Waals surface area (Å²) in [6.07, 6.45) is 0. The fraction of sp³-hybridized carbons (Fsp3) is 0.667. The van der Waals surface area contributed by atoms with Crippen molar-refractivity contribution in [1.82, 2.24) is 4.90 Å². The molecule has 0 rings (SSSR count). The van der Waals surface area contributed by atoms with Crippen LogP contribution in [0.3, 0.4) is 0 Å². The van der Waals surface area contributed by atoms with Gasteiger partial charge in [-0.15, -0.1) is 20.7 Å². The summed E-state index contributed by atoms with van der Waals surface area (Å²) < 4.78 is 1.43. The van der Waals surface area contributed by atoms with Crippen molar-refractivity contribution in [3.05, 3.63) is 0 Å². The summed E-state index contributed by atoms with van der Waals surface area (Å²) in [5.41, 5.74) is 0. The van der Waals surface area contributed by atoms with Crippen molar-refractivity contribution >= 4 is 41.6 Å². The van der Waals surface area contributed by atoms with Crippen LogP contribution < -0.4 is 0 Å². The molecule has 0 aromatic rings. The average molecular weight is 257 g/mol. The molecule has 0 fully saturated rings. The smallest absolute Gasteiger partial charge is 0.0790 e. The molecular weight excluding hydrogens is 245 g/mol. The van der Waals surface area contributed by atoms with Crippen molar-refractivity contribution in [2.24, 2.45) is 0 Å². The van der Waals surface area contributed by atoms with Gasteiger partial charge in [0.05, 0.1) is 4.99 Å². The van der Waals surface area contributed by atoms with Crippen LogP contribution in [0.15, 0.2) is 0 Å². The highest BCUT2D eigenvalue weighted by Crippen LogP contribution is 1.98. The van der Waals surface area contributed by atoms with Crippen LogP contribution >= 0.6 is 32.9 Å². The van der Waals surface area contributed by atoms with E-state index in [1.165, 1.54) is 3.63 Å². The average Bonchev–Trinajstić information content (AvgIpc) is 1.84. The highest BCUT2D eigenvalue weighted by atomic mass is 127. The molecule has 0 bridgehead atoms. The molecule has 0 atom stereocenters. The largest absolute Gasteiger partial charge is 0.339 e. The first-order valence-electron chi connectivity index (χ1n) is 2.67. The van der Waals surface area contributed by atoms with Crippen molar-refractivity contribution in [1.29, 1.82) is 0 Å². The first-order chi connectivity index (χ1) is 4.09. The van der Waals surface area contributed by atoms with E-state index in [1.807, 2.05) is 14.0 Å². The number of alkyl halides is 1. The van der Waals surface area contributed by atoms with Gasteiger partial charge in [0.1, 0.15) is 0 Å². The molecule has 1 nitrogen and oxygen atoms in total. The van der Waals surface area contributed by atoms with Gasteiger partial charge in [0.2, 0.25) is 0 Å². The Morgan fingerprint density at radius 1 is 1.44 bits per heavy atom. The lowest BCUT2D eigenvalue weighted by molar-refractivity contribution is 0.777. The maximum atomic E-state index is 4.98. The summed E-state index contributed by atoms with van der Waals surface area (Å²) in [6.45, 7) is 4.10. The van der Waals surface area contributed by atoms with E-state index in [9.17, 15) is 0 Å². The minimum absolute atomic E-state index is 0.226. The Bertz CT molecular complexity index is 142. The zero-order chi connectivity index (χ0) is 7.44. The number of hydrogen-bond donors (Lipinski definition) is 0.